The van der Waals surface area contributed by atoms with Crippen molar-refractivity contribution < 1.29 is 9.18 Å². The molecule has 9 heteroatoms. The number of aryl methyl sites for hydroxylation is 1. The first-order valence-electron chi connectivity index (χ1n) is 10.9. The molecular weight excluding hydrogens is 433 g/mol. The van der Waals surface area contributed by atoms with Crippen molar-refractivity contribution in [1.82, 2.24) is 29.9 Å². The summed E-state index contributed by atoms with van der Waals surface area (Å²) in [6.07, 6.45) is 6.75. The van der Waals surface area contributed by atoms with Crippen LogP contribution in [-0.4, -0.2) is 43.1 Å². The lowest BCUT2D eigenvalue weighted by Crippen LogP contribution is -2.51. The van der Waals surface area contributed by atoms with Crippen LogP contribution in [0.3, 0.4) is 0 Å². The molecule has 0 bridgehead atoms. The number of anilines is 1. The molecule has 0 fully saturated rings. The van der Waals surface area contributed by atoms with E-state index in [1.165, 1.54) is 6.07 Å². The molecule has 8 nitrogen and oxygen atoms in total. The van der Waals surface area contributed by atoms with Gasteiger partial charge in [0.05, 0.1) is 18.1 Å². The molecule has 5 rings (SSSR count). The summed E-state index contributed by atoms with van der Waals surface area (Å²) in [5, 5.41) is 11.7. The van der Waals surface area contributed by atoms with Gasteiger partial charge in [0, 0.05) is 54.0 Å². The van der Waals surface area contributed by atoms with Crippen LogP contribution < -0.4 is 10.6 Å². The Balaban J connectivity index is 1.61. The molecule has 172 valence electrons. The Hall–Kier alpha value is -4.27. The third-order valence-electron chi connectivity index (χ3n) is 6.00. The number of hydrogen-bond donors (Lipinski definition) is 3. The first-order chi connectivity index (χ1) is 16.4. The Kier molecular flexibility index (Phi) is 5.24. The standard InChI is InChI=1S/C25H24FN7O/c1-15-11-30-33-22(9-21(31-23(15)33)16-8-18(26)14-28-12-16)32-25(2,24(34)27-3)10-17-13-29-20-7-5-4-6-19(17)20/h4-9,11-14,29,32H,10H2,1-3H3,(H,27,34)/t25-/m1/s1. The van der Waals surface area contributed by atoms with Gasteiger partial charge in [-0.3, -0.25) is 9.78 Å². The number of carbonyl (C=O) groups is 1. The number of benzene rings is 1. The first kappa shape index (κ1) is 21.6. The zero-order valence-electron chi connectivity index (χ0n) is 19.1. The fourth-order valence-electron chi connectivity index (χ4n) is 4.26. The van der Waals surface area contributed by atoms with Crippen molar-refractivity contribution >= 4 is 28.3 Å². The maximum Gasteiger partial charge on any atom is 0.245 e. The Labute approximate surface area is 195 Å². The van der Waals surface area contributed by atoms with Crippen molar-refractivity contribution in [1.29, 1.82) is 0 Å². The van der Waals surface area contributed by atoms with Gasteiger partial charge in [0.2, 0.25) is 5.91 Å². The molecule has 0 aliphatic heterocycles. The van der Waals surface area contributed by atoms with E-state index in [1.807, 2.05) is 44.3 Å². The largest absolute Gasteiger partial charge is 0.361 e. The molecule has 1 amide bonds. The maximum absolute atomic E-state index is 13.9. The van der Waals surface area contributed by atoms with E-state index in [1.54, 1.807) is 30.0 Å². The summed E-state index contributed by atoms with van der Waals surface area (Å²) in [7, 11) is 1.61. The molecule has 34 heavy (non-hydrogen) atoms. The number of aromatic nitrogens is 5. The number of aromatic amines is 1. The summed E-state index contributed by atoms with van der Waals surface area (Å²) in [6, 6.07) is 11.1. The third-order valence-corrected chi connectivity index (χ3v) is 6.00. The topological polar surface area (TPSA) is 100 Å². The van der Waals surface area contributed by atoms with Crippen molar-refractivity contribution in [2.45, 2.75) is 25.8 Å². The van der Waals surface area contributed by atoms with Crippen LogP contribution >= 0.6 is 0 Å². The summed E-state index contributed by atoms with van der Waals surface area (Å²) < 4.78 is 15.5. The molecule has 0 radical (unpaired) electrons. The van der Waals surface area contributed by atoms with Gasteiger partial charge in [-0.15, -0.1) is 0 Å². The van der Waals surface area contributed by atoms with Gasteiger partial charge in [0.25, 0.3) is 0 Å². The van der Waals surface area contributed by atoms with Crippen LogP contribution in [0.5, 0.6) is 0 Å². The Bertz CT molecular complexity index is 1520. The molecule has 0 aliphatic rings. The molecule has 0 saturated carbocycles. The van der Waals surface area contributed by atoms with Crippen LogP contribution in [0.15, 0.2) is 61.2 Å². The fraction of sp³-hybridized carbons (Fsp3) is 0.200. The van der Waals surface area contributed by atoms with E-state index in [2.05, 4.69) is 30.7 Å². The van der Waals surface area contributed by atoms with Gasteiger partial charge in [0.15, 0.2) is 5.65 Å². The average Bonchev–Trinajstić information content (AvgIpc) is 3.42. The number of likely N-dealkylation sites (N-methyl/N-ethyl adjacent to an activating group) is 1. The van der Waals surface area contributed by atoms with Gasteiger partial charge in [-0.1, -0.05) is 18.2 Å². The van der Waals surface area contributed by atoms with Gasteiger partial charge in [0.1, 0.15) is 17.2 Å². The van der Waals surface area contributed by atoms with E-state index in [-0.39, 0.29) is 5.91 Å². The normalized spacial score (nSPS) is 13.2. The van der Waals surface area contributed by atoms with Crippen LogP contribution in [0.25, 0.3) is 27.8 Å². The van der Waals surface area contributed by atoms with Gasteiger partial charge in [-0.25, -0.2) is 9.37 Å². The van der Waals surface area contributed by atoms with Crippen LogP contribution in [-0.2, 0) is 11.2 Å². The van der Waals surface area contributed by atoms with E-state index >= 15 is 0 Å². The maximum atomic E-state index is 13.9. The van der Waals surface area contributed by atoms with Gasteiger partial charge in [-0.2, -0.15) is 9.61 Å². The van der Waals surface area contributed by atoms with Crippen LogP contribution in [0, 0.1) is 12.7 Å². The SMILES string of the molecule is CNC(=O)[C@@](C)(Cc1c[nH]c2ccccc12)Nc1cc(-c2cncc(F)c2)nc2c(C)cnn12. The summed E-state index contributed by atoms with van der Waals surface area (Å²) in [6.45, 7) is 3.75. The first-order valence-corrected chi connectivity index (χ1v) is 10.9. The zero-order chi connectivity index (χ0) is 23.9. The van der Waals surface area contributed by atoms with E-state index in [4.69, 9.17) is 0 Å². The van der Waals surface area contributed by atoms with Gasteiger partial charge < -0.3 is 15.6 Å². The highest BCUT2D eigenvalue weighted by molar-refractivity contribution is 5.91. The number of carbonyl (C=O) groups excluding carboxylic acids is 1. The number of nitrogens with one attached hydrogen (secondary N) is 3. The van der Waals surface area contributed by atoms with Crippen LogP contribution in [0.2, 0.25) is 0 Å². The quantitative estimate of drug-likeness (QED) is 0.359. The predicted molar refractivity (Wildman–Crippen MR) is 129 cm³/mol. The molecule has 5 aromatic rings. The highest BCUT2D eigenvalue weighted by Gasteiger charge is 2.34. The Morgan fingerprint density at radius 2 is 2.03 bits per heavy atom. The molecule has 0 spiro atoms. The van der Waals surface area contributed by atoms with Crippen molar-refractivity contribution in [3.63, 3.8) is 0 Å². The number of pyridine rings is 1. The molecule has 0 unspecified atom stereocenters. The van der Waals surface area contributed by atoms with E-state index in [0.717, 1.165) is 28.2 Å². The van der Waals surface area contributed by atoms with Crippen molar-refractivity contribution in [3.8, 4) is 11.3 Å². The molecular formula is C25H24FN7O. The summed E-state index contributed by atoms with van der Waals surface area (Å²) in [5.41, 5.74) is 3.51. The molecule has 4 aromatic heterocycles. The van der Waals surface area contributed by atoms with Crippen LogP contribution in [0.4, 0.5) is 10.2 Å². The third kappa shape index (κ3) is 3.75. The minimum Gasteiger partial charge on any atom is -0.361 e. The minimum atomic E-state index is -1.02. The average molecular weight is 458 g/mol. The number of fused-ring (bicyclic) bond motifs is 2. The number of para-hydroxylation sites is 1. The van der Waals surface area contributed by atoms with E-state index in [9.17, 15) is 9.18 Å². The van der Waals surface area contributed by atoms with Crippen molar-refractivity contribution in [2.75, 3.05) is 12.4 Å². The number of rotatable bonds is 6. The van der Waals surface area contributed by atoms with Gasteiger partial charge >= 0.3 is 0 Å². The summed E-state index contributed by atoms with van der Waals surface area (Å²) >= 11 is 0. The number of hydrogen-bond acceptors (Lipinski definition) is 5. The fourth-order valence-corrected chi connectivity index (χ4v) is 4.26. The molecule has 3 N–H and O–H groups in total. The highest BCUT2D eigenvalue weighted by atomic mass is 19.1. The van der Waals surface area contributed by atoms with Gasteiger partial charge in [-0.05, 0) is 31.5 Å². The minimum absolute atomic E-state index is 0.180. The summed E-state index contributed by atoms with van der Waals surface area (Å²) in [4.78, 5) is 25.0. The smallest absolute Gasteiger partial charge is 0.245 e. The number of amides is 1. The van der Waals surface area contributed by atoms with Crippen LogP contribution in [0.1, 0.15) is 18.1 Å². The Morgan fingerprint density at radius 1 is 1.21 bits per heavy atom. The van der Waals surface area contributed by atoms with Crippen molar-refractivity contribution in [3.05, 3.63) is 78.1 Å². The van der Waals surface area contributed by atoms with Crippen molar-refractivity contribution in [2.24, 2.45) is 0 Å². The molecule has 1 atom stereocenters. The highest BCUT2D eigenvalue weighted by Crippen LogP contribution is 2.29. The Morgan fingerprint density at radius 3 is 2.82 bits per heavy atom. The zero-order valence-corrected chi connectivity index (χ0v) is 19.1. The second-order valence-corrected chi connectivity index (χ2v) is 8.55. The number of H-pyrrole nitrogens is 1. The molecule has 0 saturated heterocycles. The predicted octanol–water partition coefficient (Wildman–Crippen LogP) is 3.88. The monoisotopic (exact) mass is 457 g/mol. The number of nitrogens with zero attached hydrogens (tertiary/aromatic N) is 4. The van der Waals surface area contributed by atoms with E-state index < -0.39 is 11.4 Å². The second-order valence-electron chi connectivity index (χ2n) is 8.55. The van der Waals surface area contributed by atoms with E-state index in [0.29, 0.717) is 29.1 Å². The lowest BCUT2D eigenvalue weighted by Gasteiger charge is -2.30. The second kappa shape index (κ2) is 8.26. The lowest BCUT2D eigenvalue weighted by molar-refractivity contribution is -0.124. The molecule has 0 aliphatic carbocycles. The molecule has 4 heterocycles. The number of halogens is 1. The summed E-state index contributed by atoms with van der Waals surface area (Å²) in [5.74, 6) is -0.0719. The molecule has 1 aromatic carbocycles. The lowest BCUT2D eigenvalue weighted by atomic mass is 9.91.